The van der Waals surface area contributed by atoms with Crippen LogP contribution < -0.4 is 15.8 Å². The predicted molar refractivity (Wildman–Crippen MR) is 200 cm³/mol. The first-order valence-electron chi connectivity index (χ1n) is 17.8. The highest BCUT2D eigenvalue weighted by molar-refractivity contribution is 5.96. The number of aliphatic hydroxyl groups excluding tert-OH is 1. The fourth-order valence-electron chi connectivity index (χ4n) is 6.37. The minimum atomic E-state index is -0.419. The van der Waals surface area contributed by atoms with Gasteiger partial charge in [0, 0.05) is 48.7 Å². The summed E-state index contributed by atoms with van der Waals surface area (Å²) in [4.78, 5) is 28.7. The standard InChI is InChI=1S/C42H49N3O6/c1-28(46)7-5-3-2-4-6-8-34(47)13-9-29-11-16-39(49)41(24-29)51-22-19-30-10-15-38(48)37(23-30)36(26-40(50)33-17-20-44-27-33)31-12-14-35-32(25-31)18-21-45-42(35)43/h6,8,10-12,14-18,20-21,23-25,27-28,36,42,44-46,48-49H,2-5,7,9,13,19,22,26,43H2,1H3. The highest BCUT2D eigenvalue weighted by Crippen LogP contribution is 2.37. The number of fused-ring (bicyclic) bond motifs is 1. The van der Waals surface area contributed by atoms with Crippen molar-refractivity contribution in [2.75, 3.05) is 6.61 Å². The summed E-state index contributed by atoms with van der Waals surface area (Å²) in [7, 11) is 0. The first-order chi connectivity index (χ1) is 24.7. The number of rotatable bonds is 19. The number of aromatic nitrogens is 1. The smallest absolute Gasteiger partial charge is 0.165 e. The van der Waals surface area contributed by atoms with Gasteiger partial charge in [0.2, 0.25) is 0 Å². The van der Waals surface area contributed by atoms with Gasteiger partial charge in [0.05, 0.1) is 12.7 Å². The number of Topliss-reactive ketones (excluding diaryl/α,β-unsaturated/α-hetero) is 1. The number of phenols is 2. The van der Waals surface area contributed by atoms with Crippen LogP contribution in [0.3, 0.4) is 0 Å². The third-order valence-corrected chi connectivity index (χ3v) is 9.29. The molecule has 0 spiro atoms. The minimum absolute atomic E-state index is 0.0201. The van der Waals surface area contributed by atoms with Crippen molar-refractivity contribution in [1.82, 2.24) is 10.3 Å². The average molecular weight is 692 g/mol. The number of aryl methyl sites for hydroxylation is 1. The number of nitrogens with one attached hydrogen (secondary N) is 2. The second-order valence-electron chi connectivity index (χ2n) is 13.3. The second-order valence-corrected chi connectivity index (χ2v) is 13.3. The summed E-state index contributed by atoms with van der Waals surface area (Å²) >= 11 is 0. The van der Waals surface area contributed by atoms with Crippen molar-refractivity contribution in [3.63, 3.8) is 0 Å². The quantitative estimate of drug-likeness (QED) is 0.0338. The van der Waals surface area contributed by atoms with E-state index in [0.717, 1.165) is 59.9 Å². The number of ether oxygens (including phenoxy) is 1. The number of carbonyl (C=O) groups is 2. The number of H-pyrrole nitrogens is 1. The summed E-state index contributed by atoms with van der Waals surface area (Å²) in [6.07, 6.45) is 16.3. The van der Waals surface area contributed by atoms with E-state index in [1.807, 2.05) is 48.7 Å². The molecule has 3 atom stereocenters. The number of allylic oxidation sites excluding steroid dienone is 2. The lowest BCUT2D eigenvalue weighted by Gasteiger charge is -2.24. The van der Waals surface area contributed by atoms with Gasteiger partial charge in [-0.05, 0) is 103 Å². The zero-order valence-corrected chi connectivity index (χ0v) is 29.2. The van der Waals surface area contributed by atoms with Crippen LogP contribution in [0.4, 0.5) is 0 Å². The first kappa shape index (κ1) is 37.1. The predicted octanol–water partition coefficient (Wildman–Crippen LogP) is 7.37. The molecule has 4 aromatic rings. The van der Waals surface area contributed by atoms with Crippen molar-refractivity contribution in [3.05, 3.63) is 130 Å². The van der Waals surface area contributed by atoms with Crippen LogP contribution >= 0.6 is 0 Å². The molecule has 5 rings (SSSR count). The van der Waals surface area contributed by atoms with Crippen molar-refractivity contribution >= 4 is 17.6 Å². The topological polar surface area (TPSA) is 158 Å². The van der Waals surface area contributed by atoms with Gasteiger partial charge >= 0.3 is 0 Å². The van der Waals surface area contributed by atoms with Gasteiger partial charge in [0.25, 0.3) is 0 Å². The third-order valence-electron chi connectivity index (χ3n) is 9.29. The van der Waals surface area contributed by atoms with Crippen molar-refractivity contribution in [3.8, 4) is 17.2 Å². The van der Waals surface area contributed by atoms with Gasteiger partial charge in [-0.2, -0.15) is 0 Å². The first-order valence-corrected chi connectivity index (χ1v) is 17.8. The maximum atomic E-state index is 13.4. The third kappa shape index (κ3) is 10.7. The van der Waals surface area contributed by atoms with E-state index >= 15 is 0 Å². The number of phenolic OH excluding ortho intramolecular Hbond substituents is 2. The Balaban J connectivity index is 1.22. The minimum Gasteiger partial charge on any atom is -0.508 e. The molecule has 0 aliphatic carbocycles. The molecule has 0 saturated heterocycles. The van der Waals surface area contributed by atoms with E-state index in [2.05, 4.69) is 10.3 Å². The lowest BCUT2D eigenvalue weighted by atomic mass is 9.83. The molecule has 51 heavy (non-hydrogen) atoms. The molecule has 0 saturated carbocycles. The normalized spacial score (nSPS) is 14.9. The highest BCUT2D eigenvalue weighted by Gasteiger charge is 2.24. The lowest BCUT2D eigenvalue weighted by Crippen LogP contribution is -2.27. The molecule has 0 amide bonds. The van der Waals surface area contributed by atoms with E-state index in [0.29, 0.717) is 36.1 Å². The van der Waals surface area contributed by atoms with Crippen LogP contribution in [0.2, 0.25) is 0 Å². The van der Waals surface area contributed by atoms with E-state index in [1.54, 1.807) is 55.7 Å². The molecule has 3 aromatic carbocycles. The summed E-state index contributed by atoms with van der Waals surface area (Å²) in [5, 5.41) is 34.0. The largest absolute Gasteiger partial charge is 0.508 e. The molecule has 1 aromatic heterocycles. The molecular formula is C42H49N3O6. The Bertz CT molecular complexity index is 1830. The molecular weight excluding hydrogens is 642 g/mol. The van der Waals surface area contributed by atoms with Crippen molar-refractivity contribution in [1.29, 1.82) is 0 Å². The molecule has 7 N–H and O–H groups in total. The van der Waals surface area contributed by atoms with Gasteiger partial charge in [-0.25, -0.2) is 0 Å². The Morgan fingerprint density at radius 3 is 2.55 bits per heavy atom. The van der Waals surface area contributed by atoms with Crippen LogP contribution in [0.5, 0.6) is 17.2 Å². The van der Waals surface area contributed by atoms with Gasteiger partial charge in [0.15, 0.2) is 23.1 Å². The fraction of sp³-hybridized carbons (Fsp3) is 0.333. The molecule has 2 heterocycles. The molecule has 9 heteroatoms. The molecule has 0 radical (unpaired) electrons. The van der Waals surface area contributed by atoms with Gasteiger partial charge in [-0.3, -0.25) is 9.59 Å². The van der Waals surface area contributed by atoms with Crippen LogP contribution in [0, 0.1) is 0 Å². The van der Waals surface area contributed by atoms with E-state index in [9.17, 15) is 24.9 Å². The Morgan fingerprint density at radius 2 is 1.76 bits per heavy atom. The van der Waals surface area contributed by atoms with Gasteiger partial charge < -0.3 is 36.1 Å². The van der Waals surface area contributed by atoms with Gasteiger partial charge in [-0.15, -0.1) is 0 Å². The molecule has 268 valence electrons. The molecule has 0 fully saturated rings. The summed E-state index contributed by atoms with van der Waals surface area (Å²) in [5.41, 5.74) is 12.0. The Labute approximate surface area is 299 Å². The maximum absolute atomic E-state index is 13.4. The molecule has 0 bridgehead atoms. The number of nitrogens with two attached hydrogens (primary N) is 1. The molecule has 9 nitrogen and oxygen atoms in total. The van der Waals surface area contributed by atoms with Crippen LogP contribution in [-0.4, -0.2) is 44.6 Å². The van der Waals surface area contributed by atoms with Gasteiger partial charge in [-0.1, -0.05) is 55.3 Å². The van der Waals surface area contributed by atoms with Crippen molar-refractivity contribution in [2.45, 2.75) is 82.9 Å². The zero-order chi connectivity index (χ0) is 36.2. The number of unbranched alkanes of at least 4 members (excludes halogenated alkanes) is 3. The number of hydrogen-bond acceptors (Lipinski definition) is 8. The number of aliphatic hydroxyl groups is 1. The molecule has 3 unspecified atom stereocenters. The maximum Gasteiger partial charge on any atom is 0.165 e. The SMILES string of the molecule is CC(O)CCCCCC=CC(=O)CCc1ccc(O)c(OCCc2ccc(O)c(C(CC(=O)c3cc[nH]c3)c3ccc4c(c3)C=CNC4N)c2)c1. The summed E-state index contributed by atoms with van der Waals surface area (Å²) in [6, 6.07) is 18.3. The number of hydrogen-bond donors (Lipinski definition) is 6. The number of aromatic amines is 1. The van der Waals surface area contributed by atoms with E-state index < -0.39 is 5.92 Å². The van der Waals surface area contributed by atoms with Crippen molar-refractivity contribution in [2.24, 2.45) is 5.73 Å². The summed E-state index contributed by atoms with van der Waals surface area (Å²) in [6.45, 7) is 2.07. The van der Waals surface area contributed by atoms with Crippen molar-refractivity contribution < 1.29 is 29.6 Å². The van der Waals surface area contributed by atoms with Crippen LogP contribution in [0.1, 0.15) is 108 Å². The van der Waals surface area contributed by atoms with E-state index in [1.165, 1.54) is 0 Å². The van der Waals surface area contributed by atoms with Crippen LogP contribution in [0.25, 0.3) is 6.08 Å². The monoisotopic (exact) mass is 691 g/mol. The number of ketones is 2. The molecule has 1 aliphatic rings. The lowest BCUT2D eigenvalue weighted by molar-refractivity contribution is -0.114. The number of benzene rings is 3. The summed E-state index contributed by atoms with van der Waals surface area (Å²) < 4.78 is 6.01. The number of carbonyl (C=O) groups excluding carboxylic acids is 2. The zero-order valence-electron chi connectivity index (χ0n) is 29.2. The highest BCUT2D eigenvalue weighted by atomic mass is 16.5. The Kier molecular flexibility index (Phi) is 13.3. The number of aromatic hydroxyl groups is 2. The fourth-order valence-corrected chi connectivity index (χ4v) is 6.37. The van der Waals surface area contributed by atoms with E-state index in [-0.39, 0.29) is 48.4 Å². The Hall–Kier alpha value is -5.12. The summed E-state index contributed by atoms with van der Waals surface area (Å²) in [5.74, 6) is 0.0493. The molecule has 1 aliphatic heterocycles. The average Bonchev–Trinajstić information content (AvgIpc) is 3.67. The van der Waals surface area contributed by atoms with E-state index in [4.69, 9.17) is 10.5 Å². The van der Waals surface area contributed by atoms with Crippen LogP contribution in [-0.2, 0) is 17.6 Å². The van der Waals surface area contributed by atoms with Gasteiger partial charge in [0.1, 0.15) is 11.9 Å². The Morgan fingerprint density at radius 1 is 0.961 bits per heavy atom. The van der Waals surface area contributed by atoms with Crippen LogP contribution in [0.15, 0.2) is 91.4 Å². The second kappa shape index (κ2) is 18.2.